The Bertz CT molecular complexity index is 1370. The molecule has 0 bridgehead atoms. The zero-order valence-electron chi connectivity index (χ0n) is 23.7. The van der Waals surface area contributed by atoms with E-state index in [9.17, 15) is 14.7 Å². The van der Waals surface area contributed by atoms with Crippen molar-refractivity contribution in [1.82, 2.24) is 15.5 Å². The molecule has 10 heteroatoms. The second-order valence-corrected chi connectivity index (χ2v) is 11.0. The Balaban J connectivity index is 1.30. The van der Waals surface area contributed by atoms with E-state index in [4.69, 9.17) is 25.8 Å². The van der Waals surface area contributed by atoms with Gasteiger partial charge in [0.25, 0.3) is 0 Å². The average Bonchev–Trinajstić information content (AvgIpc) is 3.35. The van der Waals surface area contributed by atoms with E-state index in [1.807, 2.05) is 49.4 Å². The van der Waals surface area contributed by atoms with E-state index in [1.165, 1.54) is 5.57 Å². The minimum Gasteiger partial charge on any atom is -0.493 e. The molecule has 0 spiro atoms. The molecule has 2 aliphatic heterocycles. The number of halogens is 1. The molecule has 0 fully saturated rings. The summed E-state index contributed by atoms with van der Waals surface area (Å²) in [5.41, 5.74) is 4.25. The zero-order chi connectivity index (χ0) is 29.6. The molecule has 1 aliphatic carbocycles. The monoisotopic (exact) mass is 593 g/mol. The summed E-state index contributed by atoms with van der Waals surface area (Å²) in [6, 6.07) is 14.7. The molecular formula is C32H36ClN3O6. The lowest BCUT2D eigenvalue weighted by Gasteiger charge is -2.37. The standard InChI is InChI=1S/C32H36ClN3O6/c1-3-40-31(38)34-19-23(37)15-17-41-24-11-6-21(7-12-24)30-29-26(27-18-22(33)8-13-28(27)35-29)14-16-36(30)32(39)42-25-9-4-20(2)5-10-25/h4-13,18,23,27-28,30,35,37H,3,14-17,19H2,1-2H3,(H,34,38)/t23?,27?,28?,30-/m0/s1. The fourth-order valence-corrected chi connectivity index (χ4v) is 5.70. The predicted molar refractivity (Wildman–Crippen MR) is 159 cm³/mol. The summed E-state index contributed by atoms with van der Waals surface area (Å²) in [4.78, 5) is 26.7. The van der Waals surface area contributed by atoms with Gasteiger partial charge in [-0.05, 0) is 61.7 Å². The van der Waals surface area contributed by atoms with Crippen molar-refractivity contribution in [1.29, 1.82) is 0 Å². The quantitative estimate of drug-likeness (QED) is 0.359. The van der Waals surface area contributed by atoms with Crippen LogP contribution in [0.25, 0.3) is 0 Å². The first-order valence-corrected chi connectivity index (χ1v) is 14.6. The van der Waals surface area contributed by atoms with Gasteiger partial charge in [0.1, 0.15) is 17.5 Å². The molecule has 5 rings (SSSR count). The van der Waals surface area contributed by atoms with Crippen LogP contribution >= 0.6 is 11.6 Å². The van der Waals surface area contributed by atoms with Gasteiger partial charge in [-0.25, -0.2) is 9.59 Å². The van der Waals surface area contributed by atoms with Gasteiger partial charge < -0.3 is 30.0 Å². The molecule has 42 heavy (non-hydrogen) atoms. The summed E-state index contributed by atoms with van der Waals surface area (Å²) in [5.74, 6) is 1.27. The molecule has 0 radical (unpaired) electrons. The maximum Gasteiger partial charge on any atom is 0.416 e. The van der Waals surface area contributed by atoms with E-state index in [2.05, 4.69) is 22.8 Å². The number of alkyl carbamates (subject to hydrolysis) is 1. The van der Waals surface area contributed by atoms with Crippen LogP contribution in [0.4, 0.5) is 9.59 Å². The summed E-state index contributed by atoms with van der Waals surface area (Å²) < 4.78 is 16.4. The van der Waals surface area contributed by atoms with Crippen molar-refractivity contribution in [2.75, 3.05) is 26.3 Å². The summed E-state index contributed by atoms with van der Waals surface area (Å²) >= 11 is 6.36. The summed E-state index contributed by atoms with van der Waals surface area (Å²) in [6.07, 6.45) is 5.37. The van der Waals surface area contributed by atoms with Crippen LogP contribution in [0.15, 0.2) is 83.1 Å². The maximum atomic E-state index is 13.5. The third-order valence-electron chi connectivity index (χ3n) is 7.60. The van der Waals surface area contributed by atoms with Gasteiger partial charge in [-0.2, -0.15) is 0 Å². The predicted octanol–water partition coefficient (Wildman–Crippen LogP) is 5.35. The third-order valence-corrected chi connectivity index (χ3v) is 7.85. The highest BCUT2D eigenvalue weighted by Crippen LogP contribution is 2.45. The second kappa shape index (κ2) is 13.4. The van der Waals surface area contributed by atoms with Crippen LogP contribution in [0.5, 0.6) is 11.5 Å². The van der Waals surface area contributed by atoms with E-state index < -0.39 is 18.3 Å². The first-order valence-electron chi connectivity index (χ1n) is 14.2. The molecule has 4 atom stereocenters. The van der Waals surface area contributed by atoms with E-state index in [-0.39, 0.29) is 37.8 Å². The minimum absolute atomic E-state index is 0.0827. The van der Waals surface area contributed by atoms with Crippen molar-refractivity contribution in [2.24, 2.45) is 5.92 Å². The van der Waals surface area contributed by atoms with E-state index >= 15 is 0 Å². The number of hydrogen-bond donors (Lipinski definition) is 3. The highest BCUT2D eigenvalue weighted by atomic mass is 35.5. The van der Waals surface area contributed by atoms with Gasteiger partial charge in [0, 0.05) is 36.2 Å². The number of rotatable bonds is 9. The van der Waals surface area contributed by atoms with Crippen LogP contribution in [0, 0.1) is 12.8 Å². The number of carbonyl (C=O) groups is 2. The Kier molecular flexibility index (Phi) is 9.39. The number of aryl methyl sites for hydroxylation is 1. The van der Waals surface area contributed by atoms with Crippen LogP contribution in [-0.2, 0) is 4.74 Å². The normalized spacial score (nSPS) is 21.5. The molecule has 0 saturated carbocycles. The number of ether oxygens (including phenoxy) is 3. The van der Waals surface area contributed by atoms with Gasteiger partial charge in [-0.1, -0.05) is 53.6 Å². The molecule has 3 unspecified atom stereocenters. The topological polar surface area (TPSA) is 109 Å². The van der Waals surface area contributed by atoms with Gasteiger partial charge in [0.2, 0.25) is 0 Å². The van der Waals surface area contributed by atoms with Gasteiger partial charge in [-0.15, -0.1) is 0 Å². The molecule has 3 aliphatic rings. The van der Waals surface area contributed by atoms with E-state index in [1.54, 1.807) is 24.0 Å². The van der Waals surface area contributed by atoms with Crippen LogP contribution in [0.2, 0.25) is 0 Å². The van der Waals surface area contributed by atoms with Crippen LogP contribution < -0.4 is 20.1 Å². The summed E-state index contributed by atoms with van der Waals surface area (Å²) in [7, 11) is 0. The van der Waals surface area contributed by atoms with Gasteiger partial charge in [-0.3, -0.25) is 4.90 Å². The minimum atomic E-state index is -0.761. The average molecular weight is 594 g/mol. The fourth-order valence-electron chi connectivity index (χ4n) is 5.49. The number of aliphatic hydroxyl groups is 1. The number of amides is 2. The Morgan fingerprint density at radius 2 is 1.88 bits per heavy atom. The van der Waals surface area contributed by atoms with Crippen molar-refractivity contribution >= 4 is 23.8 Å². The third kappa shape index (κ3) is 6.91. The van der Waals surface area contributed by atoms with Crippen molar-refractivity contribution in [3.63, 3.8) is 0 Å². The molecule has 2 aromatic carbocycles. The van der Waals surface area contributed by atoms with Crippen LogP contribution in [0.3, 0.4) is 0 Å². The van der Waals surface area contributed by atoms with Crippen molar-refractivity contribution in [3.05, 3.63) is 94.2 Å². The maximum absolute atomic E-state index is 13.5. The molecule has 3 N–H and O–H groups in total. The lowest BCUT2D eigenvalue weighted by atomic mass is 9.85. The van der Waals surface area contributed by atoms with E-state index in [0.29, 0.717) is 35.9 Å². The number of hydrogen-bond acceptors (Lipinski definition) is 7. The Hall–Kier alpha value is -3.95. The van der Waals surface area contributed by atoms with Crippen molar-refractivity contribution < 1.29 is 28.9 Å². The lowest BCUT2D eigenvalue weighted by molar-refractivity contribution is 0.120. The molecular weight excluding hydrogens is 558 g/mol. The number of benzene rings is 2. The smallest absolute Gasteiger partial charge is 0.416 e. The largest absolute Gasteiger partial charge is 0.493 e. The number of nitrogens with one attached hydrogen (secondary N) is 2. The molecule has 2 heterocycles. The molecule has 0 aromatic heterocycles. The van der Waals surface area contributed by atoms with Gasteiger partial charge >= 0.3 is 12.2 Å². The zero-order valence-corrected chi connectivity index (χ0v) is 24.5. The SMILES string of the molecule is CCOC(=O)NCC(O)CCOc1ccc([C@H]2C3=C(CCN2C(=O)Oc2ccc(C)cc2)C2C=C(Cl)C=CC2N3)cc1. The highest BCUT2D eigenvalue weighted by molar-refractivity contribution is 6.31. The molecule has 222 valence electrons. The van der Waals surface area contributed by atoms with E-state index in [0.717, 1.165) is 16.8 Å². The van der Waals surface area contributed by atoms with Crippen molar-refractivity contribution in [2.45, 2.75) is 44.9 Å². The second-order valence-electron chi connectivity index (χ2n) is 10.5. The summed E-state index contributed by atoms with van der Waals surface area (Å²) in [5, 5.41) is 17.0. The Labute approximate surface area is 250 Å². The molecule has 2 amide bonds. The number of nitrogens with zero attached hydrogens (tertiary/aromatic N) is 1. The summed E-state index contributed by atoms with van der Waals surface area (Å²) in [6.45, 7) is 4.83. The first kappa shape index (κ1) is 29.5. The number of carbonyl (C=O) groups excluding carboxylic acids is 2. The Morgan fingerprint density at radius 3 is 2.62 bits per heavy atom. The molecule has 9 nitrogen and oxygen atoms in total. The highest BCUT2D eigenvalue weighted by Gasteiger charge is 2.43. The Morgan fingerprint density at radius 1 is 1.14 bits per heavy atom. The number of fused-ring (bicyclic) bond motifs is 2. The van der Waals surface area contributed by atoms with Gasteiger partial charge in [0.05, 0.1) is 25.4 Å². The van der Waals surface area contributed by atoms with Crippen LogP contribution in [-0.4, -0.2) is 60.6 Å². The van der Waals surface area contributed by atoms with Crippen LogP contribution in [0.1, 0.15) is 36.9 Å². The van der Waals surface area contributed by atoms with Crippen molar-refractivity contribution in [3.8, 4) is 11.5 Å². The fraction of sp³-hybridized carbons (Fsp3) is 0.375. The van der Waals surface area contributed by atoms with Gasteiger partial charge in [0.15, 0.2) is 0 Å². The molecule has 2 aromatic rings. The lowest BCUT2D eigenvalue weighted by Crippen LogP contribution is -2.43. The number of allylic oxidation sites excluding steroid dienone is 2. The first-order chi connectivity index (χ1) is 20.3. The molecule has 0 saturated heterocycles. The number of aliphatic hydroxyl groups excluding tert-OH is 1.